The number of nitrogens with one attached hydrogen (secondary N) is 1. The van der Waals surface area contributed by atoms with Crippen LogP contribution in [0.4, 0.5) is 26.1 Å². The van der Waals surface area contributed by atoms with Gasteiger partial charge in [-0.25, -0.2) is 18.7 Å². The zero-order valence-corrected chi connectivity index (χ0v) is 19.0. The van der Waals surface area contributed by atoms with Crippen molar-refractivity contribution in [1.82, 2.24) is 9.97 Å². The third-order valence-corrected chi connectivity index (χ3v) is 5.71. The first-order valence-electron chi connectivity index (χ1n) is 11.1. The summed E-state index contributed by atoms with van der Waals surface area (Å²) in [5, 5.41) is 3.11. The average Bonchev–Trinajstić information content (AvgIpc) is 2.85. The van der Waals surface area contributed by atoms with Crippen molar-refractivity contribution in [2.75, 3.05) is 30.4 Å². The van der Waals surface area contributed by atoms with Crippen molar-refractivity contribution in [2.45, 2.75) is 25.7 Å². The molecule has 1 fully saturated rings. The molecule has 0 saturated carbocycles. The van der Waals surface area contributed by atoms with E-state index in [1.165, 1.54) is 37.6 Å². The highest BCUT2D eigenvalue weighted by Crippen LogP contribution is 2.32. The number of piperidine rings is 1. The first kappa shape index (κ1) is 23.4. The van der Waals surface area contributed by atoms with Gasteiger partial charge in [-0.05, 0) is 67.3 Å². The molecule has 0 spiro atoms. The summed E-state index contributed by atoms with van der Waals surface area (Å²) in [6, 6.07) is 9.10. The minimum atomic E-state index is -0.496. The van der Waals surface area contributed by atoms with Crippen LogP contribution in [0.25, 0.3) is 11.3 Å². The van der Waals surface area contributed by atoms with Crippen LogP contribution in [-0.4, -0.2) is 36.0 Å². The van der Waals surface area contributed by atoms with Gasteiger partial charge in [-0.2, -0.15) is 0 Å². The van der Waals surface area contributed by atoms with Crippen molar-refractivity contribution in [3.63, 3.8) is 0 Å². The third kappa shape index (κ3) is 5.39. The van der Waals surface area contributed by atoms with E-state index in [1.54, 1.807) is 18.2 Å². The Morgan fingerprint density at radius 1 is 1.18 bits per heavy atom. The second kappa shape index (κ2) is 10.4. The van der Waals surface area contributed by atoms with Crippen LogP contribution in [0.3, 0.4) is 0 Å². The van der Waals surface area contributed by atoms with E-state index in [1.807, 2.05) is 4.90 Å². The van der Waals surface area contributed by atoms with Gasteiger partial charge in [0.15, 0.2) is 11.5 Å². The van der Waals surface area contributed by atoms with Gasteiger partial charge in [0.1, 0.15) is 17.3 Å². The topological polar surface area (TPSA) is 67.4 Å². The van der Waals surface area contributed by atoms with Gasteiger partial charge < -0.3 is 15.0 Å². The molecule has 34 heavy (non-hydrogen) atoms. The number of carbonyl (C=O) groups is 1. The summed E-state index contributed by atoms with van der Waals surface area (Å²) in [6.07, 6.45) is 5.95. The third-order valence-electron chi connectivity index (χ3n) is 5.71. The number of ketones is 1. The fourth-order valence-electron chi connectivity index (χ4n) is 4.05. The maximum absolute atomic E-state index is 14.5. The van der Waals surface area contributed by atoms with Gasteiger partial charge in [-0.1, -0.05) is 6.58 Å². The number of allylic oxidation sites excluding steroid dienone is 1. The summed E-state index contributed by atoms with van der Waals surface area (Å²) in [5.41, 5.74) is 2.49. The van der Waals surface area contributed by atoms with E-state index in [9.17, 15) is 13.6 Å². The highest BCUT2D eigenvalue weighted by Gasteiger charge is 2.17. The zero-order valence-electron chi connectivity index (χ0n) is 19.0. The van der Waals surface area contributed by atoms with Gasteiger partial charge >= 0.3 is 0 Å². The van der Waals surface area contributed by atoms with Gasteiger partial charge in [0.25, 0.3) is 0 Å². The average molecular weight is 465 g/mol. The molecule has 1 aliphatic rings. The SMILES string of the molecule is C=CC(=O)Cc1cc(F)cc(-c2nc(Nc3ccc(F)c(N4CCCCC4)c3)ncc2OC)c1. The van der Waals surface area contributed by atoms with Crippen molar-refractivity contribution in [3.05, 3.63) is 72.4 Å². The van der Waals surface area contributed by atoms with Crippen LogP contribution in [0.5, 0.6) is 5.75 Å². The second-order valence-corrected chi connectivity index (χ2v) is 8.14. The van der Waals surface area contributed by atoms with E-state index in [2.05, 4.69) is 21.9 Å². The number of benzene rings is 2. The number of hydrogen-bond donors (Lipinski definition) is 1. The number of ether oxygens (including phenoxy) is 1. The van der Waals surface area contributed by atoms with E-state index < -0.39 is 5.82 Å². The van der Waals surface area contributed by atoms with Crippen molar-refractivity contribution in [2.24, 2.45) is 0 Å². The monoisotopic (exact) mass is 464 g/mol. The lowest BCUT2D eigenvalue weighted by atomic mass is 10.0. The predicted octanol–water partition coefficient (Wildman–Crippen LogP) is 5.46. The van der Waals surface area contributed by atoms with Crippen LogP contribution in [0.1, 0.15) is 24.8 Å². The van der Waals surface area contributed by atoms with E-state index >= 15 is 0 Å². The number of aromatic nitrogens is 2. The summed E-state index contributed by atoms with van der Waals surface area (Å²) < 4.78 is 34.2. The van der Waals surface area contributed by atoms with Crippen LogP contribution in [0.15, 0.2) is 55.3 Å². The molecule has 1 saturated heterocycles. The molecule has 6 nitrogen and oxygen atoms in total. The molecule has 0 unspecified atom stereocenters. The van der Waals surface area contributed by atoms with Crippen molar-refractivity contribution < 1.29 is 18.3 Å². The number of carbonyl (C=O) groups excluding carboxylic acids is 1. The fraction of sp³-hybridized carbons (Fsp3) is 0.269. The largest absolute Gasteiger partial charge is 0.493 e. The Labute approximate surface area is 197 Å². The molecule has 1 aliphatic heterocycles. The Morgan fingerprint density at radius 3 is 2.71 bits per heavy atom. The highest BCUT2D eigenvalue weighted by atomic mass is 19.1. The number of anilines is 3. The Bertz CT molecular complexity index is 1210. The zero-order chi connectivity index (χ0) is 24.1. The second-order valence-electron chi connectivity index (χ2n) is 8.14. The minimum Gasteiger partial charge on any atom is -0.493 e. The standard InChI is InChI=1S/C26H26F2N4O2/c1-3-21(33)13-17-11-18(14-19(27)12-17)25-24(34-2)16-29-26(31-25)30-20-7-8-22(28)23(15-20)32-9-5-4-6-10-32/h3,7-8,11-12,14-16H,1,4-6,9-10,13H2,2H3,(H,29,30,31). The maximum Gasteiger partial charge on any atom is 0.227 e. The molecule has 0 bridgehead atoms. The van der Waals surface area contributed by atoms with Crippen LogP contribution < -0.4 is 15.0 Å². The fourth-order valence-corrected chi connectivity index (χ4v) is 4.05. The first-order valence-corrected chi connectivity index (χ1v) is 11.1. The predicted molar refractivity (Wildman–Crippen MR) is 129 cm³/mol. The van der Waals surface area contributed by atoms with Gasteiger partial charge in [0, 0.05) is 30.8 Å². The number of halogens is 2. The smallest absolute Gasteiger partial charge is 0.227 e. The first-order chi connectivity index (χ1) is 16.5. The molecule has 2 aromatic carbocycles. The molecule has 2 heterocycles. The van der Waals surface area contributed by atoms with Gasteiger partial charge in [0.05, 0.1) is 19.0 Å². The Hall–Kier alpha value is -3.81. The van der Waals surface area contributed by atoms with Crippen LogP contribution in [-0.2, 0) is 11.2 Å². The molecular weight excluding hydrogens is 438 g/mol. The molecule has 0 radical (unpaired) electrons. The summed E-state index contributed by atoms with van der Waals surface area (Å²) in [5.74, 6) is -0.381. The molecule has 8 heteroatoms. The molecule has 4 rings (SSSR count). The number of rotatable bonds is 8. The lowest BCUT2D eigenvalue weighted by Crippen LogP contribution is -2.30. The summed E-state index contributed by atoms with van der Waals surface area (Å²) in [6.45, 7) is 5.10. The van der Waals surface area contributed by atoms with Crippen LogP contribution in [0.2, 0.25) is 0 Å². The van der Waals surface area contributed by atoms with E-state index in [0.29, 0.717) is 33.9 Å². The minimum absolute atomic E-state index is 0.0294. The molecule has 0 amide bonds. The Morgan fingerprint density at radius 2 is 1.97 bits per heavy atom. The lowest BCUT2D eigenvalue weighted by Gasteiger charge is -2.29. The summed E-state index contributed by atoms with van der Waals surface area (Å²) >= 11 is 0. The molecule has 0 atom stereocenters. The molecule has 176 valence electrons. The number of nitrogens with zero attached hydrogens (tertiary/aromatic N) is 3. The molecule has 1 aromatic heterocycles. The number of methoxy groups -OCH3 is 1. The van der Waals surface area contributed by atoms with Crippen molar-refractivity contribution in [1.29, 1.82) is 0 Å². The molecule has 3 aromatic rings. The van der Waals surface area contributed by atoms with Gasteiger partial charge in [-0.15, -0.1) is 0 Å². The van der Waals surface area contributed by atoms with E-state index in [4.69, 9.17) is 4.74 Å². The summed E-state index contributed by atoms with van der Waals surface area (Å²) in [7, 11) is 1.47. The normalized spacial score (nSPS) is 13.4. The van der Waals surface area contributed by atoms with E-state index in [0.717, 1.165) is 32.4 Å². The highest BCUT2D eigenvalue weighted by molar-refractivity contribution is 5.91. The Kier molecular flexibility index (Phi) is 7.15. The number of hydrogen-bond acceptors (Lipinski definition) is 6. The van der Waals surface area contributed by atoms with Crippen molar-refractivity contribution >= 4 is 23.1 Å². The van der Waals surface area contributed by atoms with Crippen molar-refractivity contribution in [3.8, 4) is 17.0 Å². The molecular formula is C26H26F2N4O2. The Balaban J connectivity index is 1.65. The maximum atomic E-state index is 14.5. The van der Waals surface area contributed by atoms with E-state index in [-0.39, 0.29) is 24.0 Å². The van der Waals surface area contributed by atoms with Gasteiger partial charge in [-0.3, -0.25) is 4.79 Å². The van der Waals surface area contributed by atoms with Gasteiger partial charge in [0.2, 0.25) is 5.95 Å². The van der Waals surface area contributed by atoms with Crippen LogP contribution in [0, 0.1) is 11.6 Å². The molecule has 0 aliphatic carbocycles. The molecule has 1 N–H and O–H groups in total. The quantitative estimate of drug-likeness (QED) is 0.447. The summed E-state index contributed by atoms with van der Waals surface area (Å²) in [4.78, 5) is 22.6. The van der Waals surface area contributed by atoms with Crippen LogP contribution >= 0.6 is 0 Å². The lowest BCUT2D eigenvalue weighted by molar-refractivity contribution is -0.114.